The summed E-state index contributed by atoms with van der Waals surface area (Å²) in [5.41, 5.74) is 1.11. The smallest absolute Gasteiger partial charge is 0.434 e. The number of alkyl halides is 3. The van der Waals surface area contributed by atoms with Crippen molar-refractivity contribution >= 4 is 0 Å². The van der Waals surface area contributed by atoms with Gasteiger partial charge in [0.25, 0.3) is 0 Å². The first-order chi connectivity index (χ1) is 11.8. The predicted octanol–water partition coefficient (Wildman–Crippen LogP) is 2.30. The summed E-state index contributed by atoms with van der Waals surface area (Å²) in [4.78, 5) is 3.71. The van der Waals surface area contributed by atoms with Gasteiger partial charge < -0.3 is 14.6 Å². The maximum absolute atomic E-state index is 12.8. The van der Waals surface area contributed by atoms with Crippen LogP contribution in [-0.2, 0) is 32.7 Å². The van der Waals surface area contributed by atoms with Crippen LogP contribution in [0.15, 0.2) is 6.20 Å². The first kappa shape index (κ1) is 17.8. The third kappa shape index (κ3) is 3.65. The summed E-state index contributed by atoms with van der Waals surface area (Å²) in [6.07, 6.45) is -1.87. The summed E-state index contributed by atoms with van der Waals surface area (Å²) in [6, 6.07) is 0. The Morgan fingerprint density at radius 3 is 2.84 bits per heavy atom. The number of hydrogen-bond donors (Lipinski definition) is 1. The second kappa shape index (κ2) is 6.70. The van der Waals surface area contributed by atoms with Gasteiger partial charge in [-0.1, -0.05) is 0 Å². The molecule has 3 heterocycles. The van der Waals surface area contributed by atoms with E-state index in [-0.39, 0.29) is 5.92 Å². The fraction of sp³-hybridized carbons (Fsp3) is 0.625. The normalized spacial score (nSPS) is 17.6. The number of imidazole rings is 1. The molecule has 0 unspecified atom stereocenters. The fourth-order valence-electron chi connectivity index (χ4n) is 3.36. The zero-order chi connectivity index (χ0) is 18.2. The number of nitrogens with zero attached hydrogens (tertiary/aromatic N) is 4. The van der Waals surface area contributed by atoms with Crippen LogP contribution in [0.5, 0.6) is 5.88 Å². The van der Waals surface area contributed by atoms with Crippen molar-refractivity contribution in [1.29, 1.82) is 0 Å². The lowest BCUT2D eigenvalue weighted by molar-refractivity contribution is -0.141. The van der Waals surface area contributed by atoms with Gasteiger partial charge in [0, 0.05) is 32.8 Å². The van der Waals surface area contributed by atoms with Crippen LogP contribution in [0.3, 0.4) is 0 Å². The molecule has 0 aromatic carbocycles. The maximum Gasteiger partial charge on any atom is 0.434 e. The van der Waals surface area contributed by atoms with E-state index in [1.807, 2.05) is 14.0 Å². The summed E-state index contributed by atoms with van der Waals surface area (Å²) >= 11 is 0. The van der Waals surface area contributed by atoms with Crippen molar-refractivity contribution in [1.82, 2.24) is 24.6 Å². The van der Waals surface area contributed by atoms with Crippen molar-refractivity contribution in [3.05, 3.63) is 29.0 Å². The van der Waals surface area contributed by atoms with E-state index in [0.717, 1.165) is 36.3 Å². The van der Waals surface area contributed by atoms with Gasteiger partial charge in [-0.05, 0) is 25.8 Å². The molecule has 1 aliphatic heterocycles. The number of rotatable bonds is 5. The van der Waals surface area contributed by atoms with Crippen molar-refractivity contribution in [2.45, 2.75) is 39.0 Å². The molecule has 0 fully saturated rings. The molecule has 6 nitrogen and oxygen atoms in total. The highest BCUT2D eigenvalue weighted by Crippen LogP contribution is 2.30. The van der Waals surface area contributed by atoms with E-state index in [0.29, 0.717) is 25.3 Å². The second-order valence-electron chi connectivity index (χ2n) is 6.42. The highest BCUT2D eigenvalue weighted by atomic mass is 19.4. The lowest BCUT2D eigenvalue weighted by Gasteiger charge is -2.24. The molecule has 1 aliphatic rings. The number of fused-ring (bicyclic) bond motifs is 1. The van der Waals surface area contributed by atoms with E-state index >= 15 is 0 Å². The van der Waals surface area contributed by atoms with Crippen molar-refractivity contribution in [3.63, 3.8) is 0 Å². The topological polar surface area (TPSA) is 56.9 Å². The molecule has 0 saturated heterocycles. The van der Waals surface area contributed by atoms with Crippen molar-refractivity contribution in [3.8, 4) is 5.88 Å². The van der Waals surface area contributed by atoms with Gasteiger partial charge in [0.15, 0.2) is 5.69 Å². The van der Waals surface area contributed by atoms with Crippen LogP contribution in [0.1, 0.15) is 29.2 Å². The summed E-state index contributed by atoms with van der Waals surface area (Å²) < 4.78 is 47.0. The number of hydrogen-bond acceptors (Lipinski definition) is 4. The number of ether oxygens (including phenoxy) is 1. The minimum atomic E-state index is -4.38. The molecule has 0 bridgehead atoms. The largest absolute Gasteiger partial charge is 0.481 e. The van der Waals surface area contributed by atoms with Crippen molar-refractivity contribution in [2.24, 2.45) is 13.0 Å². The van der Waals surface area contributed by atoms with Crippen LogP contribution in [0.4, 0.5) is 13.2 Å². The number of halogens is 3. The predicted molar refractivity (Wildman–Crippen MR) is 85.2 cm³/mol. The van der Waals surface area contributed by atoms with Gasteiger partial charge in [-0.2, -0.15) is 18.3 Å². The van der Waals surface area contributed by atoms with Crippen molar-refractivity contribution < 1.29 is 17.9 Å². The standard InChI is InChI=1S/C16H22F3N5O/c1-10-12(15(25-3)23(2)22-10)7-20-6-11-4-5-14-21-13(16(17,18)19)9-24(14)8-11/h9,11,20H,4-8H2,1-3H3/t11-/m1/s1. The van der Waals surface area contributed by atoms with E-state index in [2.05, 4.69) is 15.4 Å². The van der Waals surface area contributed by atoms with Crippen LogP contribution in [0.2, 0.25) is 0 Å². The summed E-state index contributed by atoms with van der Waals surface area (Å²) in [6.45, 7) is 3.81. The molecule has 1 N–H and O–H groups in total. The molecule has 138 valence electrons. The van der Waals surface area contributed by atoms with Gasteiger partial charge in [0.05, 0.1) is 18.4 Å². The van der Waals surface area contributed by atoms with E-state index in [1.165, 1.54) is 0 Å². The van der Waals surface area contributed by atoms with Crippen LogP contribution in [0, 0.1) is 12.8 Å². The Morgan fingerprint density at radius 2 is 2.16 bits per heavy atom. The van der Waals surface area contributed by atoms with E-state index in [1.54, 1.807) is 16.4 Å². The molecule has 2 aromatic rings. The lowest BCUT2D eigenvalue weighted by atomic mass is 9.99. The van der Waals surface area contributed by atoms with Crippen LogP contribution >= 0.6 is 0 Å². The second-order valence-corrected chi connectivity index (χ2v) is 6.42. The molecule has 25 heavy (non-hydrogen) atoms. The maximum atomic E-state index is 12.8. The first-order valence-corrected chi connectivity index (χ1v) is 8.20. The average molecular weight is 357 g/mol. The van der Waals surface area contributed by atoms with Gasteiger partial charge in [-0.15, -0.1) is 0 Å². The van der Waals surface area contributed by atoms with Gasteiger partial charge >= 0.3 is 6.18 Å². The minimum absolute atomic E-state index is 0.269. The molecule has 0 spiro atoms. The Morgan fingerprint density at radius 1 is 1.40 bits per heavy atom. The van der Waals surface area contributed by atoms with Crippen LogP contribution in [0.25, 0.3) is 0 Å². The molecule has 0 saturated carbocycles. The molecule has 0 radical (unpaired) electrons. The summed E-state index contributed by atoms with van der Waals surface area (Å²) in [5, 5.41) is 7.71. The van der Waals surface area contributed by atoms with Gasteiger partial charge in [0.1, 0.15) is 5.82 Å². The Labute approximate surface area is 144 Å². The van der Waals surface area contributed by atoms with Gasteiger partial charge in [-0.25, -0.2) is 9.67 Å². The number of nitrogens with one attached hydrogen (secondary N) is 1. The Bertz CT molecular complexity index is 750. The van der Waals surface area contributed by atoms with Crippen LogP contribution < -0.4 is 10.1 Å². The van der Waals surface area contributed by atoms with Gasteiger partial charge in [0.2, 0.25) is 5.88 Å². The molecular weight excluding hydrogens is 335 g/mol. The molecule has 3 rings (SSSR count). The Hall–Kier alpha value is -2.03. The highest BCUT2D eigenvalue weighted by Gasteiger charge is 2.35. The van der Waals surface area contributed by atoms with E-state index < -0.39 is 11.9 Å². The quantitative estimate of drug-likeness (QED) is 0.892. The monoisotopic (exact) mass is 357 g/mol. The molecule has 9 heteroatoms. The van der Waals surface area contributed by atoms with E-state index in [4.69, 9.17) is 4.74 Å². The molecule has 1 atom stereocenters. The van der Waals surface area contributed by atoms with Gasteiger partial charge in [-0.3, -0.25) is 0 Å². The number of aromatic nitrogens is 4. The molecule has 0 aliphatic carbocycles. The zero-order valence-electron chi connectivity index (χ0n) is 14.5. The number of aryl methyl sites for hydroxylation is 3. The SMILES string of the molecule is COc1c(CNC[C@H]2CCc3nc(C(F)(F)F)cn3C2)c(C)nn1C. The Kier molecular flexibility index (Phi) is 4.77. The molecule has 0 amide bonds. The third-order valence-electron chi connectivity index (χ3n) is 4.60. The first-order valence-electron chi connectivity index (χ1n) is 8.20. The third-order valence-corrected chi connectivity index (χ3v) is 4.60. The fourth-order valence-corrected chi connectivity index (χ4v) is 3.36. The summed E-state index contributed by atoms with van der Waals surface area (Å²) in [7, 11) is 3.44. The average Bonchev–Trinajstić information content (AvgIpc) is 3.07. The molecular formula is C16H22F3N5O. The van der Waals surface area contributed by atoms with Crippen molar-refractivity contribution in [2.75, 3.05) is 13.7 Å². The van der Waals surface area contributed by atoms with Crippen LogP contribution in [-0.4, -0.2) is 33.0 Å². The minimum Gasteiger partial charge on any atom is -0.481 e. The lowest BCUT2D eigenvalue weighted by Crippen LogP contribution is -2.29. The van der Waals surface area contributed by atoms with E-state index in [9.17, 15) is 13.2 Å². The molecule has 2 aromatic heterocycles. The highest BCUT2D eigenvalue weighted by molar-refractivity contribution is 5.30. The number of methoxy groups -OCH3 is 1. The Balaban J connectivity index is 1.58. The zero-order valence-corrected chi connectivity index (χ0v) is 14.5. The summed E-state index contributed by atoms with van der Waals surface area (Å²) in [5.74, 6) is 1.51.